The molecule has 8 heteroatoms. The first kappa shape index (κ1) is 15.6. The highest BCUT2D eigenvalue weighted by molar-refractivity contribution is 7.71. The Hall–Kier alpha value is -1.87. The molecule has 0 aliphatic heterocycles. The van der Waals surface area contributed by atoms with E-state index in [0.717, 1.165) is 27.8 Å². The Morgan fingerprint density at radius 2 is 2.08 bits per heavy atom. The van der Waals surface area contributed by atoms with Crippen LogP contribution in [0.3, 0.4) is 0 Å². The molecule has 1 aromatic carbocycles. The van der Waals surface area contributed by atoms with E-state index < -0.39 is 0 Å². The summed E-state index contributed by atoms with van der Waals surface area (Å²) in [6.45, 7) is 1.42. The van der Waals surface area contributed by atoms with Gasteiger partial charge in [-0.1, -0.05) is 18.2 Å². The minimum atomic E-state index is 0.564. The van der Waals surface area contributed by atoms with Gasteiger partial charge in [-0.3, -0.25) is 10.00 Å². The van der Waals surface area contributed by atoms with Crippen molar-refractivity contribution in [1.29, 1.82) is 0 Å². The molecule has 0 atom stereocenters. The van der Waals surface area contributed by atoms with Crippen molar-refractivity contribution in [2.24, 2.45) is 0 Å². The first-order valence-electron chi connectivity index (χ1n) is 7.43. The maximum atomic E-state index is 5.37. The second kappa shape index (κ2) is 6.56. The molecular weight excluding hydrogens is 358 g/mol. The Balaban J connectivity index is 1.49. The second-order valence-electron chi connectivity index (χ2n) is 5.49. The number of nitrogens with zero attached hydrogens (tertiary/aromatic N) is 4. The molecule has 0 fully saturated rings. The fourth-order valence-electron chi connectivity index (χ4n) is 2.49. The number of fused-ring (bicyclic) bond motifs is 1. The van der Waals surface area contributed by atoms with Gasteiger partial charge >= 0.3 is 0 Å². The zero-order valence-electron chi connectivity index (χ0n) is 13.0. The number of thiophene rings is 1. The molecule has 0 radical (unpaired) electrons. The number of aromatic nitrogens is 4. The lowest BCUT2D eigenvalue weighted by Gasteiger charge is -2.15. The summed E-state index contributed by atoms with van der Waals surface area (Å²) in [5.41, 5.74) is 1.06. The third-order valence-corrected chi connectivity index (χ3v) is 5.77. The van der Waals surface area contributed by atoms with Gasteiger partial charge < -0.3 is 0 Å². The average molecular weight is 374 g/mol. The van der Waals surface area contributed by atoms with Crippen molar-refractivity contribution < 1.29 is 0 Å². The smallest absolute Gasteiger partial charge is 0.217 e. The molecule has 0 saturated carbocycles. The van der Waals surface area contributed by atoms with Gasteiger partial charge in [0.1, 0.15) is 5.01 Å². The molecule has 1 N–H and O–H groups in total. The average Bonchev–Trinajstić information content (AvgIpc) is 3.27. The highest BCUT2D eigenvalue weighted by Crippen LogP contribution is 2.23. The molecule has 24 heavy (non-hydrogen) atoms. The van der Waals surface area contributed by atoms with E-state index in [-0.39, 0.29) is 0 Å². The third kappa shape index (κ3) is 3.18. The van der Waals surface area contributed by atoms with Gasteiger partial charge in [-0.05, 0) is 42.8 Å². The van der Waals surface area contributed by atoms with E-state index in [0.29, 0.717) is 11.4 Å². The topological polar surface area (TPSA) is 49.7 Å². The van der Waals surface area contributed by atoms with E-state index >= 15 is 0 Å². The fourth-order valence-corrected chi connectivity index (χ4v) is 4.39. The van der Waals surface area contributed by atoms with Crippen LogP contribution in [0, 0.1) is 4.77 Å². The standard InChI is InChI=1S/C16H15N5S3/c1-20(9-14-17-11-5-2-3-6-12(11)24-14)10-21-16(22)18-15(19-21)13-7-4-8-23-13/h2-8H,9-10H2,1H3,(H,18,19,22). The number of para-hydroxylation sites is 1. The third-order valence-electron chi connectivity index (χ3n) is 3.56. The van der Waals surface area contributed by atoms with Crippen molar-refractivity contribution in [3.05, 3.63) is 51.6 Å². The summed E-state index contributed by atoms with van der Waals surface area (Å²) in [5.74, 6) is 0.823. The van der Waals surface area contributed by atoms with Crippen molar-refractivity contribution in [2.45, 2.75) is 13.2 Å². The Morgan fingerprint density at radius 1 is 1.21 bits per heavy atom. The molecule has 0 aliphatic carbocycles. The molecular formula is C16H15N5S3. The first-order valence-corrected chi connectivity index (χ1v) is 9.53. The zero-order valence-corrected chi connectivity index (χ0v) is 15.4. The van der Waals surface area contributed by atoms with Gasteiger partial charge in [0, 0.05) is 0 Å². The summed E-state index contributed by atoms with van der Waals surface area (Å²) >= 11 is 8.75. The largest absolute Gasteiger partial charge is 0.281 e. The number of H-pyrrole nitrogens is 1. The summed E-state index contributed by atoms with van der Waals surface area (Å²) in [4.78, 5) is 12.4. The van der Waals surface area contributed by atoms with Crippen LogP contribution in [0.4, 0.5) is 0 Å². The summed E-state index contributed by atoms with van der Waals surface area (Å²) < 4.78 is 3.67. The molecule has 0 unspecified atom stereocenters. The van der Waals surface area contributed by atoms with Crippen molar-refractivity contribution in [3.8, 4) is 10.7 Å². The number of hydrogen-bond donors (Lipinski definition) is 1. The van der Waals surface area contributed by atoms with Gasteiger partial charge in [-0.2, -0.15) is 4.98 Å². The van der Waals surface area contributed by atoms with Crippen LogP contribution in [0.5, 0.6) is 0 Å². The van der Waals surface area contributed by atoms with Crippen molar-refractivity contribution >= 4 is 45.1 Å². The van der Waals surface area contributed by atoms with Crippen LogP contribution in [0.15, 0.2) is 41.8 Å². The molecule has 4 rings (SSSR count). The predicted molar refractivity (Wildman–Crippen MR) is 102 cm³/mol. The van der Waals surface area contributed by atoms with Gasteiger partial charge in [0.15, 0.2) is 5.82 Å². The van der Waals surface area contributed by atoms with Gasteiger partial charge in [0.2, 0.25) is 4.77 Å². The lowest BCUT2D eigenvalue weighted by atomic mass is 10.3. The van der Waals surface area contributed by atoms with Crippen LogP contribution in [0.1, 0.15) is 5.01 Å². The number of hydrogen-bond acceptors (Lipinski definition) is 6. The van der Waals surface area contributed by atoms with E-state index in [9.17, 15) is 0 Å². The lowest BCUT2D eigenvalue weighted by molar-refractivity contribution is 0.244. The van der Waals surface area contributed by atoms with Crippen LogP contribution in [0.2, 0.25) is 0 Å². The molecule has 0 amide bonds. The maximum absolute atomic E-state index is 5.37. The van der Waals surface area contributed by atoms with Crippen LogP contribution in [-0.4, -0.2) is 31.7 Å². The minimum absolute atomic E-state index is 0.564. The lowest BCUT2D eigenvalue weighted by Crippen LogP contribution is -2.22. The Kier molecular flexibility index (Phi) is 4.28. The quantitative estimate of drug-likeness (QED) is 0.528. The highest BCUT2D eigenvalue weighted by atomic mass is 32.1. The summed E-state index contributed by atoms with van der Waals surface area (Å²) in [6, 6.07) is 12.3. The van der Waals surface area contributed by atoms with E-state index in [4.69, 9.17) is 12.2 Å². The van der Waals surface area contributed by atoms with Crippen LogP contribution in [0.25, 0.3) is 20.9 Å². The van der Waals surface area contributed by atoms with Gasteiger partial charge in [-0.25, -0.2) is 9.67 Å². The highest BCUT2D eigenvalue weighted by Gasteiger charge is 2.10. The van der Waals surface area contributed by atoms with Crippen LogP contribution < -0.4 is 0 Å². The molecule has 0 saturated heterocycles. The molecule has 0 aliphatic rings. The van der Waals surface area contributed by atoms with Gasteiger partial charge in [0.05, 0.1) is 28.3 Å². The summed E-state index contributed by atoms with van der Waals surface area (Å²) in [7, 11) is 2.06. The maximum Gasteiger partial charge on any atom is 0.217 e. The molecule has 3 heterocycles. The predicted octanol–water partition coefficient (Wildman–Crippen LogP) is 4.37. The van der Waals surface area contributed by atoms with Crippen molar-refractivity contribution in [3.63, 3.8) is 0 Å². The number of rotatable bonds is 5. The Bertz CT molecular complexity index is 979. The summed E-state index contributed by atoms with van der Waals surface area (Å²) in [5, 5.41) is 6.41. The normalized spacial score (nSPS) is 11.6. The number of thiazole rings is 1. The first-order chi connectivity index (χ1) is 11.7. The van der Waals surface area contributed by atoms with Crippen molar-refractivity contribution in [1.82, 2.24) is 24.6 Å². The van der Waals surface area contributed by atoms with Crippen LogP contribution >= 0.6 is 34.9 Å². The summed E-state index contributed by atoms with van der Waals surface area (Å²) in [6.07, 6.45) is 0. The molecule has 0 spiro atoms. The Labute approximate surface area is 152 Å². The van der Waals surface area contributed by atoms with E-state index in [1.165, 1.54) is 4.70 Å². The van der Waals surface area contributed by atoms with Crippen LogP contribution in [-0.2, 0) is 13.2 Å². The van der Waals surface area contributed by atoms with E-state index in [2.05, 4.69) is 33.1 Å². The SMILES string of the molecule is CN(Cc1nc2ccccc2s1)Cn1[nH]c(-c2cccs2)nc1=S. The number of nitrogens with one attached hydrogen (secondary N) is 1. The van der Waals surface area contributed by atoms with E-state index in [1.807, 2.05) is 40.4 Å². The molecule has 122 valence electrons. The number of benzene rings is 1. The van der Waals surface area contributed by atoms with Gasteiger partial charge in [-0.15, -0.1) is 22.7 Å². The monoisotopic (exact) mass is 373 g/mol. The zero-order chi connectivity index (χ0) is 16.5. The van der Waals surface area contributed by atoms with E-state index in [1.54, 1.807) is 22.7 Å². The fraction of sp³-hybridized carbons (Fsp3) is 0.188. The molecule has 4 aromatic rings. The minimum Gasteiger partial charge on any atom is -0.281 e. The second-order valence-corrected chi connectivity index (χ2v) is 7.92. The molecule has 0 bridgehead atoms. The molecule has 3 aromatic heterocycles. The Morgan fingerprint density at radius 3 is 2.88 bits per heavy atom. The number of aromatic amines is 1. The molecule has 5 nitrogen and oxygen atoms in total. The van der Waals surface area contributed by atoms with Gasteiger partial charge in [0.25, 0.3) is 0 Å². The van der Waals surface area contributed by atoms with Crippen molar-refractivity contribution in [2.75, 3.05) is 7.05 Å².